The minimum Gasteiger partial charge on any atom is -0.325 e. The standard InChI is InChI=1S/C11H8Cl2N2S/c12-10-6-8(7-11(13)14-10)15-16-9-4-2-1-3-5-9/h1-7H,(H,14,15). The van der Waals surface area contributed by atoms with Gasteiger partial charge in [0.25, 0.3) is 0 Å². The lowest BCUT2D eigenvalue weighted by Crippen LogP contribution is -1.88. The van der Waals surface area contributed by atoms with Crippen LogP contribution in [0, 0.1) is 0 Å². The van der Waals surface area contributed by atoms with Crippen LogP contribution in [0.5, 0.6) is 0 Å². The first-order valence-electron chi connectivity index (χ1n) is 4.55. The van der Waals surface area contributed by atoms with E-state index in [0.717, 1.165) is 10.6 Å². The van der Waals surface area contributed by atoms with Gasteiger partial charge in [0.05, 0.1) is 5.69 Å². The highest BCUT2D eigenvalue weighted by Gasteiger charge is 1.99. The van der Waals surface area contributed by atoms with Gasteiger partial charge in [0.1, 0.15) is 10.3 Å². The number of aromatic nitrogens is 1. The Hall–Kier alpha value is -0.900. The van der Waals surface area contributed by atoms with Crippen molar-refractivity contribution in [3.05, 3.63) is 52.8 Å². The van der Waals surface area contributed by atoms with Gasteiger partial charge in [0.15, 0.2) is 0 Å². The average Bonchev–Trinajstić information content (AvgIpc) is 2.27. The van der Waals surface area contributed by atoms with Crippen LogP contribution in [0.15, 0.2) is 47.4 Å². The Balaban J connectivity index is 2.05. The Morgan fingerprint density at radius 3 is 2.25 bits per heavy atom. The van der Waals surface area contributed by atoms with Crippen molar-refractivity contribution >= 4 is 40.8 Å². The first-order chi connectivity index (χ1) is 7.74. The molecule has 0 aliphatic rings. The molecule has 0 saturated heterocycles. The lowest BCUT2D eigenvalue weighted by atomic mass is 10.4. The number of rotatable bonds is 3. The van der Waals surface area contributed by atoms with Crippen LogP contribution >= 0.6 is 35.1 Å². The minimum absolute atomic E-state index is 0.378. The first kappa shape index (κ1) is 11.6. The minimum atomic E-state index is 0.378. The molecule has 16 heavy (non-hydrogen) atoms. The van der Waals surface area contributed by atoms with E-state index in [-0.39, 0.29) is 0 Å². The van der Waals surface area contributed by atoms with Crippen LogP contribution < -0.4 is 4.72 Å². The third-order valence-electron chi connectivity index (χ3n) is 1.79. The Kier molecular flexibility index (Phi) is 3.93. The Morgan fingerprint density at radius 1 is 1.00 bits per heavy atom. The molecule has 1 aromatic heterocycles. The van der Waals surface area contributed by atoms with Crippen molar-refractivity contribution in [1.82, 2.24) is 4.98 Å². The van der Waals surface area contributed by atoms with E-state index in [1.807, 2.05) is 30.3 Å². The SMILES string of the molecule is Clc1cc(NSc2ccccc2)cc(Cl)n1. The molecular weight excluding hydrogens is 263 g/mol. The molecule has 1 heterocycles. The first-order valence-corrected chi connectivity index (χ1v) is 6.12. The summed E-state index contributed by atoms with van der Waals surface area (Å²) >= 11 is 13.1. The summed E-state index contributed by atoms with van der Waals surface area (Å²) in [5.74, 6) is 0. The lowest BCUT2D eigenvalue weighted by Gasteiger charge is -2.05. The molecule has 2 nitrogen and oxygen atoms in total. The van der Waals surface area contributed by atoms with Gasteiger partial charge < -0.3 is 4.72 Å². The van der Waals surface area contributed by atoms with Crippen molar-refractivity contribution in [2.45, 2.75) is 4.90 Å². The molecule has 0 bridgehead atoms. The fourth-order valence-electron chi connectivity index (χ4n) is 1.13. The van der Waals surface area contributed by atoms with Gasteiger partial charge in [0, 0.05) is 4.90 Å². The quantitative estimate of drug-likeness (QED) is 0.656. The summed E-state index contributed by atoms with van der Waals surface area (Å²) in [5, 5.41) is 0.757. The highest BCUT2D eigenvalue weighted by molar-refractivity contribution is 8.00. The zero-order valence-corrected chi connectivity index (χ0v) is 10.5. The number of pyridine rings is 1. The van der Waals surface area contributed by atoms with E-state index in [0.29, 0.717) is 10.3 Å². The van der Waals surface area contributed by atoms with Crippen LogP contribution in [0.2, 0.25) is 10.3 Å². The van der Waals surface area contributed by atoms with Crippen molar-refractivity contribution in [1.29, 1.82) is 0 Å². The summed E-state index contributed by atoms with van der Waals surface area (Å²) in [4.78, 5) is 4.99. The molecule has 2 rings (SSSR count). The van der Waals surface area contributed by atoms with Crippen molar-refractivity contribution < 1.29 is 0 Å². The van der Waals surface area contributed by atoms with Gasteiger partial charge in [0.2, 0.25) is 0 Å². The van der Waals surface area contributed by atoms with Crippen LogP contribution in [0.25, 0.3) is 0 Å². The van der Waals surface area contributed by atoms with Gasteiger partial charge in [-0.15, -0.1) is 0 Å². The number of nitrogens with one attached hydrogen (secondary N) is 1. The number of anilines is 1. The maximum absolute atomic E-state index is 5.79. The van der Waals surface area contributed by atoms with E-state index in [1.165, 1.54) is 11.9 Å². The van der Waals surface area contributed by atoms with Crippen LogP contribution in [-0.2, 0) is 0 Å². The van der Waals surface area contributed by atoms with Gasteiger partial charge in [-0.25, -0.2) is 4.98 Å². The molecule has 2 aromatic rings. The van der Waals surface area contributed by atoms with Gasteiger partial charge in [-0.1, -0.05) is 41.4 Å². The second-order valence-corrected chi connectivity index (χ2v) is 4.67. The molecule has 82 valence electrons. The Labute approximate surface area is 108 Å². The molecule has 0 radical (unpaired) electrons. The predicted molar refractivity (Wildman–Crippen MR) is 70.2 cm³/mol. The van der Waals surface area contributed by atoms with Gasteiger partial charge in [-0.2, -0.15) is 0 Å². The largest absolute Gasteiger partial charge is 0.325 e. The van der Waals surface area contributed by atoms with E-state index in [4.69, 9.17) is 23.2 Å². The van der Waals surface area contributed by atoms with Crippen LogP contribution in [0.4, 0.5) is 5.69 Å². The van der Waals surface area contributed by atoms with Crippen molar-refractivity contribution in [2.24, 2.45) is 0 Å². The van der Waals surface area contributed by atoms with E-state index in [1.54, 1.807) is 12.1 Å². The van der Waals surface area contributed by atoms with Gasteiger partial charge in [-0.3, -0.25) is 0 Å². The second kappa shape index (κ2) is 5.43. The molecule has 1 N–H and O–H groups in total. The zero-order valence-electron chi connectivity index (χ0n) is 8.15. The monoisotopic (exact) mass is 270 g/mol. The molecule has 0 fully saturated rings. The predicted octanol–water partition coefficient (Wildman–Crippen LogP) is 4.51. The van der Waals surface area contributed by atoms with E-state index >= 15 is 0 Å². The van der Waals surface area contributed by atoms with Crippen molar-refractivity contribution in [3.63, 3.8) is 0 Å². The van der Waals surface area contributed by atoms with Crippen LogP contribution in [0.3, 0.4) is 0 Å². The molecule has 0 unspecified atom stereocenters. The van der Waals surface area contributed by atoms with E-state index in [9.17, 15) is 0 Å². The maximum atomic E-state index is 5.79. The third-order valence-corrected chi connectivity index (χ3v) is 3.03. The average molecular weight is 271 g/mol. The molecule has 0 aliphatic heterocycles. The zero-order chi connectivity index (χ0) is 11.4. The summed E-state index contributed by atoms with van der Waals surface area (Å²) in [6.45, 7) is 0. The third kappa shape index (κ3) is 3.30. The smallest absolute Gasteiger partial charge is 0.132 e. The van der Waals surface area contributed by atoms with Crippen molar-refractivity contribution in [3.8, 4) is 0 Å². The highest BCUT2D eigenvalue weighted by atomic mass is 35.5. The highest BCUT2D eigenvalue weighted by Crippen LogP contribution is 2.24. The molecule has 0 aliphatic carbocycles. The summed E-state index contributed by atoms with van der Waals surface area (Å²) in [6.07, 6.45) is 0. The summed E-state index contributed by atoms with van der Waals surface area (Å²) in [5.41, 5.74) is 0.832. The topological polar surface area (TPSA) is 24.9 Å². The van der Waals surface area contributed by atoms with Crippen LogP contribution in [0.1, 0.15) is 0 Å². The summed E-state index contributed by atoms with van der Waals surface area (Å²) in [7, 11) is 0. The van der Waals surface area contributed by atoms with E-state index in [2.05, 4.69) is 9.71 Å². The normalized spacial score (nSPS) is 10.1. The summed E-state index contributed by atoms with van der Waals surface area (Å²) in [6, 6.07) is 13.4. The molecule has 0 saturated carbocycles. The number of hydrogen-bond donors (Lipinski definition) is 1. The Morgan fingerprint density at radius 2 is 1.62 bits per heavy atom. The number of hydrogen-bond acceptors (Lipinski definition) is 3. The van der Waals surface area contributed by atoms with Gasteiger partial charge >= 0.3 is 0 Å². The van der Waals surface area contributed by atoms with Gasteiger partial charge in [-0.05, 0) is 36.2 Å². The van der Waals surface area contributed by atoms with E-state index < -0.39 is 0 Å². The Bertz CT molecular complexity index is 456. The molecule has 0 amide bonds. The molecule has 1 aromatic carbocycles. The summed E-state index contributed by atoms with van der Waals surface area (Å²) < 4.78 is 3.15. The lowest BCUT2D eigenvalue weighted by molar-refractivity contribution is 1.33. The molecular formula is C11H8Cl2N2S. The van der Waals surface area contributed by atoms with Crippen molar-refractivity contribution in [2.75, 3.05) is 4.72 Å². The molecule has 5 heteroatoms. The number of halogens is 2. The fraction of sp³-hybridized carbons (Fsp3) is 0. The molecule has 0 atom stereocenters. The number of benzene rings is 1. The molecule has 0 spiro atoms. The fourth-order valence-corrected chi connectivity index (χ4v) is 2.24. The maximum Gasteiger partial charge on any atom is 0.132 e. The number of nitrogens with zero attached hydrogens (tertiary/aromatic N) is 1. The second-order valence-electron chi connectivity index (χ2n) is 3.02. The van der Waals surface area contributed by atoms with Crippen LogP contribution in [-0.4, -0.2) is 4.98 Å².